The fourth-order valence-electron chi connectivity index (χ4n) is 6.19. The number of thiophene rings is 1. The van der Waals surface area contributed by atoms with E-state index in [1.54, 1.807) is 11.3 Å². The van der Waals surface area contributed by atoms with Gasteiger partial charge in [-0.15, -0.1) is 11.3 Å². The van der Waals surface area contributed by atoms with Crippen LogP contribution < -0.4 is 0 Å². The van der Waals surface area contributed by atoms with Gasteiger partial charge in [0, 0.05) is 32.5 Å². The molecule has 0 fully saturated rings. The number of hydrogen-bond donors (Lipinski definition) is 0. The Bertz CT molecular complexity index is 2310. The van der Waals surface area contributed by atoms with Gasteiger partial charge in [0.25, 0.3) is 0 Å². The van der Waals surface area contributed by atoms with Crippen molar-refractivity contribution in [3.63, 3.8) is 0 Å². The molecule has 0 unspecified atom stereocenters. The number of hydrogen-bond acceptors (Lipinski definition) is 3. The Labute approximate surface area is 271 Å². The number of aliphatic imine (C=N–C) groups is 2. The standard InChI is InChI=1S/C41H29ClN2S/c1-26-15-22-37(33-24-35-34-13-7-8-14-38(34)45-40(35)36(42)25-33)43-41(30-19-16-29(17-20-30)27-9-3-2-4-10-27)44-39(26)32-21-18-28-11-5-6-12-31(28)23-32/h2-14,16-26H,15H2,1H3/b37-22+,43-41?,44-39?/t26-/m1/s1. The Kier molecular flexibility index (Phi) is 7.13. The highest BCUT2D eigenvalue weighted by Gasteiger charge is 2.20. The molecule has 4 heteroatoms. The van der Waals surface area contributed by atoms with Crippen LogP contribution in [0.25, 0.3) is 47.8 Å². The van der Waals surface area contributed by atoms with Gasteiger partial charge in [0.1, 0.15) is 0 Å². The number of rotatable bonds is 4. The van der Waals surface area contributed by atoms with Gasteiger partial charge in [0.15, 0.2) is 5.84 Å². The zero-order chi connectivity index (χ0) is 30.3. The third kappa shape index (κ3) is 5.29. The molecule has 0 aliphatic carbocycles. The quantitative estimate of drug-likeness (QED) is 0.188. The van der Waals surface area contributed by atoms with Crippen LogP contribution in [0.2, 0.25) is 5.02 Å². The average Bonchev–Trinajstić information content (AvgIpc) is 3.47. The first-order valence-corrected chi connectivity index (χ1v) is 16.4. The highest BCUT2D eigenvalue weighted by Crippen LogP contribution is 2.40. The van der Waals surface area contributed by atoms with Crippen LogP contribution in [0.5, 0.6) is 0 Å². The van der Waals surface area contributed by atoms with Crippen LogP contribution in [0.3, 0.4) is 0 Å². The van der Waals surface area contributed by atoms with Crippen LogP contribution in [0.1, 0.15) is 30.0 Å². The summed E-state index contributed by atoms with van der Waals surface area (Å²) in [6.45, 7) is 2.26. The number of nitrogens with zero attached hydrogens (tertiary/aromatic N) is 2. The van der Waals surface area contributed by atoms with E-state index < -0.39 is 0 Å². The molecule has 6 aromatic carbocycles. The van der Waals surface area contributed by atoms with Crippen molar-refractivity contribution < 1.29 is 0 Å². The van der Waals surface area contributed by atoms with Gasteiger partial charge < -0.3 is 0 Å². The Morgan fingerprint density at radius 1 is 0.600 bits per heavy atom. The molecule has 0 spiro atoms. The molecule has 45 heavy (non-hydrogen) atoms. The van der Waals surface area contributed by atoms with Crippen molar-refractivity contribution in [3.8, 4) is 11.1 Å². The van der Waals surface area contributed by atoms with Crippen molar-refractivity contribution in [2.24, 2.45) is 15.9 Å². The summed E-state index contributed by atoms with van der Waals surface area (Å²) in [5, 5.41) is 5.57. The third-order valence-electron chi connectivity index (χ3n) is 8.61. The zero-order valence-corrected chi connectivity index (χ0v) is 26.3. The van der Waals surface area contributed by atoms with Crippen molar-refractivity contribution in [2.45, 2.75) is 13.3 Å². The monoisotopic (exact) mass is 616 g/mol. The largest absolute Gasteiger partial charge is 0.232 e. The summed E-state index contributed by atoms with van der Waals surface area (Å²) in [4.78, 5) is 10.7. The number of amidine groups is 1. The average molecular weight is 617 g/mol. The lowest BCUT2D eigenvalue weighted by Gasteiger charge is -2.19. The summed E-state index contributed by atoms with van der Waals surface area (Å²) in [7, 11) is 0. The van der Waals surface area contributed by atoms with E-state index in [0.717, 1.165) is 49.8 Å². The molecule has 216 valence electrons. The highest BCUT2D eigenvalue weighted by atomic mass is 35.5. The second kappa shape index (κ2) is 11.6. The molecule has 2 nitrogen and oxygen atoms in total. The summed E-state index contributed by atoms with van der Waals surface area (Å²) in [6, 6.07) is 46.9. The van der Waals surface area contributed by atoms with E-state index in [0.29, 0.717) is 5.84 Å². The molecule has 0 amide bonds. The lowest BCUT2D eigenvalue weighted by molar-refractivity contribution is 0.790. The number of halogens is 1. The number of benzene rings is 6. The molecule has 0 N–H and O–H groups in total. The van der Waals surface area contributed by atoms with Crippen LogP contribution in [0, 0.1) is 5.92 Å². The minimum absolute atomic E-state index is 0.177. The van der Waals surface area contributed by atoms with E-state index in [1.807, 2.05) is 6.07 Å². The SMILES string of the molecule is C[C@@H]1C/C=C(\c2cc(Cl)c3sc4ccccc4c3c2)N=C(c2ccc(-c3ccccc3)cc2)N=C1c1ccc2ccccc2c1. The Balaban J connectivity index is 1.29. The molecule has 2 heterocycles. The van der Waals surface area contributed by atoms with E-state index in [-0.39, 0.29) is 5.92 Å². The molecule has 7 aromatic rings. The summed E-state index contributed by atoms with van der Waals surface area (Å²) < 4.78 is 2.35. The van der Waals surface area contributed by atoms with Gasteiger partial charge in [-0.1, -0.05) is 134 Å². The topological polar surface area (TPSA) is 24.7 Å². The van der Waals surface area contributed by atoms with E-state index in [1.165, 1.54) is 31.8 Å². The van der Waals surface area contributed by atoms with E-state index in [2.05, 4.69) is 140 Å². The van der Waals surface area contributed by atoms with Gasteiger partial charge in [-0.25, -0.2) is 9.98 Å². The van der Waals surface area contributed by atoms with Crippen LogP contribution in [-0.2, 0) is 0 Å². The first-order chi connectivity index (χ1) is 22.1. The van der Waals surface area contributed by atoms with Gasteiger partial charge in [-0.3, -0.25) is 0 Å². The molecule has 1 aromatic heterocycles. The summed E-state index contributed by atoms with van der Waals surface area (Å²) in [5.74, 6) is 0.874. The van der Waals surface area contributed by atoms with Crippen LogP contribution in [0.4, 0.5) is 0 Å². The molecular weight excluding hydrogens is 588 g/mol. The molecule has 0 saturated carbocycles. The molecule has 1 aliphatic rings. The van der Waals surface area contributed by atoms with Gasteiger partial charge in [-0.05, 0) is 58.1 Å². The normalized spacial score (nSPS) is 16.6. The molecular formula is C41H29ClN2S. The van der Waals surface area contributed by atoms with Crippen molar-refractivity contribution in [1.29, 1.82) is 0 Å². The maximum Gasteiger partial charge on any atom is 0.160 e. The summed E-state index contributed by atoms with van der Waals surface area (Å²) >= 11 is 8.68. The maximum atomic E-state index is 6.94. The summed E-state index contributed by atoms with van der Waals surface area (Å²) in [6.07, 6.45) is 3.07. The maximum absolute atomic E-state index is 6.94. The minimum Gasteiger partial charge on any atom is -0.232 e. The predicted octanol–water partition coefficient (Wildman–Crippen LogP) is 11.8. The first-order valence-electron chi connectivity index (χ1n) is 15.2. The van der Waals surface area contributed by atoms with Gasteiger partial charge >= 0.3 is 0 Å². The first kappa shape index (κ1) is 27.7. The smallest absolute Gasteiger partial charge is 0.160 e. The molecule has 1 atom stereocenters. The lowest BCUT2D eigenvalue weighted by Crippen LogP contribution is -2.17. The van der Waals surface area contributed by atoms with Crippen LogP contribution in [-0.4, -0.2) is 11.5 Å². The predicted molar refractivity (Wildman–Crippen MR) is 195 cm³/mol. The van der Waals surface area contributed by atoms with E-state index >= 15 is 0 Å². The van der Waals surface area contributed by atoms with Gasteiger partial charge in [0.2, 0.25) is 0 Å². The van der Waals surface area contributed by atoms with Crippen LogP contribution in [0.15, 0.2) is 150 Å². The number of fused-ring (bicyclic) bond motifs is 4. The lowest BCUT2D eigenvalue weighted by atomic mass is 9.92. The zero-order valence-electron chi connectivity index (χ0n) is 24.7. The highest BCUT2D eigenvalue weighted by molar-refractivity contribution is 7.26. The summed E-state index contributed by atoms with van der Waals surface area (Å²) in [5.41, 5.74) is 7.39. The van der Waals surface area contributed by atoms with Crippen molar-refractivity contribution in [1.82, 2.24) is 0 Å². The second-order valence-corrected chi connectivity index (χ2v) is 13.1. The minimum atomic E-state index is 0.177. The molecule has 0 radical (unpaired) electrons. The van der Waals surface area contributed by atoms with E-state index in [9.17, 15) is 0 Å². The second-order valence-electron chi connectivity index (χ2n) is 11.6. The molecule has 0 saturated heterocycles. The van der Waals surface area contributed by atoms with Crippen LogP contribution >= 0.6 is 22.9 Å². The number of allylic oxidation sites excluding steroid dienone is 1. The van der Waals surface area contributed by atoms with Gasteiger partial charge in [0.05, 0.1) is 21.1 Å². The fraction of sp³-hybridized carbons (Fsp3) is 0.0732. The molecule has 0 bridgehead atoms. The van der Waals surface area contributed by atoms with Crippen molar-refractivity contribution in [2.75, 3.05) is 0 Å². The van der Waals surface area contributed by atoms with Crippen molar-refractivity contribution in [3.05, 3.63) is 161 Å². The van der Waals surface area contributed by atoms with Crippen molar-refractivity contribution >= 4 is 71.1 Å². The third-order valence-corrected chi connectivity index (χ3v) is 10.2. The Morgan fingerprint density at radius 3 is 2.13 bits per heavy atom. The van der Waals surface area contributed by atoms with E-state index in [4.69, 9.17) is 21.6 Å². The Morgan fingerprint density at radius 2 is 1.29 bits per heavy atom. The molecule has 1 aliphatic heterocycles. The Hall–Kier alpha value is -4.83. The fourth-order valence-corrected chi connectivity index (χ4v) is 7.62. The molecule has 8 rings (SSSR count). The van der Waals surface area contributed by atoms with Gasteiger partial charge in [-0.2, -0.15) is 0 Å².